The molecule has 0 saturated carbocycles. The maximum absolute atomic E-state index is 2.47. The van der Waals surface area contributed by atoms with Crippen LogP contribution < -0.4 is 15.9 Å². The Morgan fingerprint density at radius 1 is 0.536 bits per heavy atom. The van der Waals surface area contributed by atoms with Crippen molar-refractivity contribution in [1.29, 1.82) is 0 Å². The Kier molecular flexibility index (Phi) is 6.11. The fourth-order valence-corrected chi connectivity index (χ4v) is 10.6. The van der Waals surface area contributed by atoms with Crippen molar-refractivity contribution in [2.75, 3.05) is 6.16 Å². The average Bonchev–Trinajstić information content (AvgIpc) is 2.66. The summed E-state index contributed by atoms with van der Waals surface area (Å²) in [6.07, 6.45) is 2.41. The van der Waals surface area contributed by atoms with E-state index in [1.165, 1.54) is 28.5 Å². The second-order valence-corrected chi connectivity index (χ2v) is 14.0. The monoisotopic (exact) mass is 390 g/mol. The summed E-state index contributed by atoms with van der Waals surface area (Å²) in [6, 6.07) is 33.8. The first-order valence-electron chi connectivity index (χ1n) is 10.4. The molecule has 0 heterocycles. The molecule has 0 aromatic heterocycles. The molecule has 3 rings (SSSR count). The van der Waals surface area contributed by atoms with Gasteiger partial charge >= 0.3 is 172 Å². The van der Waals surface area contributed by atoms with Crippen molar-refractivity contribution in [3.63, 3.8) is 0 Å². The fraction of sp³-hybridized carbons (Fsp3) is 0.333. The summed E-state index contributed by atoms with van der Waals surface area (Å²) in [4.78, 5) is 0. The van der Waals surface area contributed by atoms with Gasteiger partial charge in [0.25, 0.3) is 0 Å². The minimum atomic E-state index is -2.16. The third-order valence-electron chi connectivity index (χ3n) is 5.55. The van der Waals surface area contributed by atoms with Gasteiger partial charge < -0.3 is 0 Å². The summed E-state index contributed by atoms with van der Waals surface area (Å²) >= 11 is 0. The Balaban J connectivity index is 2.25. The van der Waals surface area contributed by atoms with Crippen LogP contribution in [0.15, 0.2) is 91.0 Å². The standard InChI is InChI=1S/C27H35P/c1-26(2,3)21-27(4,5)22-28(23-15-9-6-10-16-23,24-17-11-7-12-18-24)25-19-13-8-14-20-25/h6-20,28H,21-22H2,1-5H3. The summed E-state index contributed by atoms with van der Waals surface area (Å²) in [7, 11) is -2.16. The number of rotatable bonds is 6. The molecule has 0 aliphatic carbocycles. The van der Waals surface area contributed by atoms with E-state index in [4.69, 9.17) is 0 Å². The van der Waals surface area contributed by atoms with Crippen LogP contribution in [0.3, 0.4) is 0 Å². The van der Waals surface area contributed by atoms with Gasteiger partial charge in [0.1, 0.15) is 0 Å². The van der Waals surface area contributed by atoms with Crippen molar-refractivity contribution in [3.05, 3.63) is 91.0 Å². The minimum absolute atomic E-state index is 0.242. The van der Waals surface area contributed by atoms with Crippen LogP contribution >= 0.6 is 7.26 Å². The van der Waals surface area contributed by atoms with Crippen LogP contribution in [-0.4, -0.2) is 6.16 Å². The van der Waals surface area contributed by atoms with E-state index in [0.29, 0.717) is 5.41 Å². The van der Waals surface area contributed by atoms with Crippen LogP contribution in [-0.2, 0) is 0 Å². The van der Waals surface area contributed by atoms with Crippen LogP contribution in [0.2, 0.25) is 0 Å². The van der Waals surface area contributed by atoms with E-state index in [1.807, 2.05) is 0 Å². The van der Waals surface area contributed by atoms with E-state index >= 15 is 0 Å². The van der Waals surface area contributed by atoms with E-state index in [-0.39, 0.29) is 5.41 Å². The van der Waals surface area contributed by atoms with Crippen molar-refractivity contribution in [2.24, 2.45) is 10.8 Å². The van der Waals surface area contributed by atoms with E-state index < -0.39 is 7.26 Å². The molecule has 0 aliphatic heterocycles. The molecule has 3 aromatic rings. The maximum atomic E-state index is 2.47. The van der Waals surface area contributed by atoms with Crippen molar-refractivity contribution in [3.8, 4) is 0 Å². The van der Waals surface area contributed by atoms with Gasteiger partial charge in [0, 0.05) is 0 Å². The van der Waals surface area contributed by atoms with E-state index in [9.17, 15) is 0 Å². The Labute approximate surface area is 172 Å². The molecule has 0 nitrogen and oxygen atoms in total. The van der Waals surface area contributed by atoms with Gasteiger partial charge in [-0.1, -0.05) is 0 Å². The normalized spacial score (nSPS) is 13.3. The SMILES string of the molecule is CC(C)(C)CC(C)(C)C[PH](c1ccccc1)(c1ccccc1)c1ccccc1. The Hall–Kier alpha value is -1.91. The van der Waals surface area contributed by atoms with E-state index in [2.05, 4.69) is 126 Å². The van der Waals surface area contributed by atoms with E-state index in [0.717, 1.165) is 0 Å². The third-order valence-corrected chi connectivity index (χ3v) is 11.0. The Bertz CT molecular complexity index is 762. The summed E-state index contributed by atoms with van der Waals surface area (Å²) < 4.78 is 0. The van der Waals surface area contributed by atoms with Gasteiger partial charge in [-0.2, -0.15) is 0 Å². The van der Waals surface area contributed by atoms with Gasteiger partial charge in [0.05, 0.1) is 0 Å². The van der Waals surface area contributed by atoms with Gasteiger partial charge in [-0.15, -0.1) is 0 Å². The Morgan fingerprint density at radius 2 is 0.857 bits per heavy atom. The number of hydrogen-bond acceptors (Lipinski definition) is 0. The van der Waals surface area contributed by atoms with Gasteiger partial charge in [-0.05, 0) is 0 Å². The Morgan fingerprint density at radius 3 is 1.14 bits per heavy atom. The predicted octanol–water partition coefficient (Wildman–Crippen LogP) is 6.18. The molecule has 28 heavy (non-hydrogen) atoms. The van der Waals surface area contributed by atoms with Gasteiger partial charge in [-0.25, -0.2) is 0 Å². The van der Waals surface area contributed by atoms with Crippen LogP contribution in [0.1, 0.15) is 41.0 Å². The molecule has 0 radical (unpaired) electrons. The summed E-state index contributed by atoms with van der Waals surface area (Å²) in [6.45, 7) is 12.0. The zero-order chi connectivity index (χ0) is 20.3. The average molecular weight is 391 g/mol. The van der Waals surface area contributed by atoms with Crippen molar-refractivity contribution >= 4 is 23.2 Å². The molecular formula is C27H35P. The molecule has 0 aliphatic rings. The van der Waals surface area contributed by atoms with Crippen molar-refractivity contribution < 1.29 is 0 Å². The molecule has 0 N–H and O–H groups in total. The van der Waals surface area contributed by atoms with Crippen molar-refractivity contribution in [2.45, 2.75) is 41.0 Å². The van der Waals surface area contributed by atoms with Gasteiger partial charge in [0.15, 0.2) is 0 Å². The predicted molar refractivity (Wildman–Crippen MR) is 129 cm³/mol. The van der Waals surface area contributed by atoms with Crippen LogP contribution in [0, 0.1) is 10.8 Å². The number of benzene rings is 3. The zero-order valence-corrected chi connectivity index (χ0v) is 19.1. The summed E-state index contributed by atoms with van der Waals surface area (Å²) in [5.41, 5.74) is 0.555. The summed E-state index contributed by atoms with van der Waals surface area (Å²) in [5, 5.41) is 4.53. The fourth-order valence-electron chi connectivity index (χ4n) is 5.19. The van der Waals surface area contributed by atoms with Crippen LogP contribution in [0.25, 0.3) is 0 Å². The molecule has 0 fully saturated rings. The molecule has 0 saturated heterocycles. The molecule has 148 valence electrons. The molecule has 0 spiro atoms. The summed E-state index contributed by atoms with van der Waals surface area (Å²) in [5.74, 6) is 0. The van der Waals surface area contributed by atoms with Crippen LogP contribution in [0.5, 0.6) is 0 Å². The van der Waals surface area contributed by atoms with Crippen molar-refractivity contribution in [1.82, 2.24) is 0 Å². The van der Waals surface area contributed by atoms with E-state index in [1.54, 1.807) is 0 Å². The third kappa shape index (κ3) is 4.73. The topological polar surface area (TPSA) is 0 Å². The first-order valence-corrected chi connectivity index (χ1v) is 12.6. The molecule has 1 heteroatoms. The second kappa shape index (κ2) is 8.22. The molecule has 0 amide bonds. The molecule has 0 unspecified atom stereocenters. The van der Waals surface area contributed by atoms with Crippen LogP contribution in [0.4, 0.5) is 0 Å². The second-order valence-electron chi connectivity index (χ2n) is 10.1. The van der Waals surface area contributed by atoms with Gasteiger partial charge in [0.2, 0.25) is 0 Å². The zero-order valence-electron chi connectivity index (χ0n) is 18.1. The first kappa shape index (κ1) is 20.8. The molecule has 0 atom stereocenters. The quantitative estimate of drug-likeness (QED) is 0.441. The molecular weight excluding hydrogens is 355 g/mol. The first-order chi connectivity index (χ1) is 13.2. The number of hydrogen-bond donors (Lipinski definition) is 0. The molecule has 3 aromatic carbocycles. The molecule has 0 bridgehead atoms. The van der Waals surface area contributed by atoms with Gasteiger partial charge in [-0.3, -0.25) is 0 Å².